The standard InChI is InChI=1S/C15H24N2O/c1-12-10-14(8-9-17(12)2)16-15(11-18)13-6-4-3-5-7-13/h3-7,12,14-16,18H,8-11H2,1-2H3. The van der Waals surface area contributed by atoms with E-state index in [0.29, 0.717) is 12.1 Å². The summed E-state index contributed by atoms with van der Waals surface area (Å²) >= 11 is 0. The normalized spacial score (nSPS) is 27.1. The molecule has 3 heteroatoms. The van der Waals surface area contributed by atoms with Crippen molar-refractivity contribution in [1.82, 2.24) is 10.2 Å². The first-order chi connectivity index (χ1) is 8.70. The topological polar surface area (TPSA) is 35.5 Å². The molecular weight excluding hydrogens is 224 g/mol. The summed E-state index contributed by atoms with van der Waals surface area (Å²) in [6, 6.07) is 11.4. The van der Waals surface area contributed by atoms with Crippen LogP contribution in [-0.2, 0) is 0 Å². The van der Waals surface area contributed by atoms with Gasteiger partial charge in [-0.05, 0) is 38.9 Å². The minimum atomic E-state index is 0.0619. The van der Waals surface area contributed by atoms with E-state index < -0.39 is 0 Å². The van der Waals surface area contributed by atoms with Gasteiger partial charge in [0.1, 0.15) is 0 Å². The van der Waals surface area contributed by atoms with E-state index >= 15 is 0 Å². The molecule has 3 nitrogen and oxygen atoms in total. The fraction of sp³-hybridized carbons (Fsp3) is 0.600. The number of aliphatic hydroxyl groups excluding tert-OH is 1. The van der Waals surface area contributed by atoms with E-state index in [4.69, 9.17) is 0 Å². The summed E-state index contributed by atoms with van der Waals surface area (Å²) in [6.45, 7) is 3.56. The van der Waals surface area contributed by atoms with Gasteiger partial charge in [0.2, 0.25) is 0 Å². The SMILES string of the molecule is CC1CC(NC(CO)c2ccccc2)CCN1C. The van der Waals surface area contributed by atoms with Gasteiger partial charge in [0.15, 0.2) is 0 Å². The smallest absolute Gasteiger partial charge is 0.0626 e. The predicted molar refractivity (Wildman–Crippen MR) is 74.5 cm³/mol. The molecule has 2 rings (SSSR count). The Bertz CT molecular complexity index is 355. The third-order valence-electron chi connectivity index (χ3n) is 4.03. The summed E-state index contributed by atoms with van der Waals surface area (Å²) in [5, 5.41) is 13.2. The van der Waals surface area contributed by atoms with Gasteiger partial charge >= 0.3 is 0 Å². The molecule has 1 fully saturated rings. The van der Waals surface area contributed by atoms with E-state index in [1.54, 1.807) is 0 Å². The number of rotatable bonds is 4. The number of likely N-dealkylation sites (tertiary alicyclic amines) is 1. The monoisotopic (exact) mass is 248 g/mol. The van der Waals surface area contributed by atoms with E-state index in [9.17, 15) is 5.11 Å². The molecular formula is C15H24N2O. The molecule has 3 unspecified atom stereocenters. The van der Waals surface area contributed by atoms with E-state index in [2.05, 4.69) is 36.3 Å². The van der Waals surface area contributed by atoms with Gasteiger partial charge in [-0.15, -0.1) is 0 Å². The van der Waals surface area contributed by atoms with Gasteiger partial charge in [-0.2, -0.15) is 0 Å². The molecule has 1 heterocycles. The minimum Gasteiger partial charge on any atom is -0.394 e. The molecule has 1 saturated heterocycles. The molecule has 0 aromatic heterocycles. The summed E-state index contributed by atoms with van der Waals surface area (Å²) in [7, 11) is 2.18. The summed E-state index contributed by atoms with van der Waals surface area (Å²) in [5.74, 6) is 0. The largest absolute Gasteiger partial charge is 0.394 e. The number of hydrogen-bond donors (Lipinski definition) is 2. The number of hydrogen-bond acceptors (Lipinski definition) is 3. The zero-order valence-corrected chi connectivity index (χ0v) is 11.3. The average Bonchev–Trinajstić information content (AvgIpc) is 2.41. The zero-order chi connectivity index (χ0) is 13.0. The van der Waals surface area contributed by atoms with Gasteiger partial charge in [-0.25, -0.2) is 0 Å². The van der Waals surface area contributed by atoms with Gasteiger partial charge < -0.3 is 15.3 Å². The van der Waals surface area contributed by atoms with Crippen LogP contribution in [0.4, 0.5) is 0 Å². The highest BCUT2D eigenvalue weighted by Gasteiger charge is 2.24. The van der Waals surface area contributed by atoms with Crippen molar-refractivity contribution in [2.24, 2.45) is 0 Å². The Morgan fingerprint density at radius 2 is 2.11 bits per heavy atom. The van der Waals surface area contributed by atoms with Crippen molar-refractivity contribution in [3.05, 3.63) is 35.9 Å². The van der Waals surface area contributed by atoms with Crippen LogP contribution in [0, 0.1) is 0 Å². The van der Waals surface area contributed by atoms with Crippen LogP contribution in [0.15, 0.2) is 30.3 Å². The van der Waals surface area contributed by atoms with Crippen LogP contribution in [0.5, 0.6) is 0 Å². The summed E-state index contributed by atoms with van der Waals surface area (Å²) < 4.78 is 0. The van der Waals surface area contributed by atoms with Gasteiger partial charge in [0.25, 0.3) is 0 Å². The maximum absolute atomic E-state index is 9.56. The molecule has 1 aromatic rings. The summed E-state index contributed by atoms with van der Waals surface area (Å²) in [5.41, 5.74) is 1.17. The van der Waals surface area contributed by atoms with Crippen LogP contribution < -0.4 is 5.32 Å². The molecule has 1 aliphatic heterocycles. The van der Waals surface area contributed by atoms with E-state index in [0.717, 1.165) is 19.4 Å². The number of benzene rings is 1. The fourth-order valence-electron chi connectivity index (χ4n) is 2.66. The molecule has 0 aliphatic carbocycles. The first kappa shape index (κ1) is 13.5. The Morgan fingerprint density at radius 3 is 2.72 bits per heavy atom. The quantitative estimate of drug-likeness (QED) is 0.853. The molecule has 0 amide bonds. The third kappa shape index (κ3) is 3.31. The number of piperidine rings is 1. The Labute approximate surface area is 110 Å². The Kier molecular flexibility index (Phi) is 4.75. The Morgan fingerprint density at radius 1 is 1.39 bits per heavy atom. The molecule has 0 radical (unpaired) electrons. The lowest BCUT2D eigenvalue weighted by Crippen LogP contribution is -2.47. The molecule has 0 saturated carbocycles. The van der Waals surface area contributed by atoms with Crippen molar-refractivity contribution < 1.29 is 5.11 Å². The molecule has 0 spiro atoms. The fourth-order valence-corrected chi connectivity index (χ4v) is 2.66. The maximum Gasteiger partial charge on any atom is 0.0626 e. The van der Waals surface area contributed by atoms with Crippen molar-refractivity contribution in [3.8, 4) is 0 Å². The predicted octanol–water partition coefficient (Wildman–Crippen LogP) is 1.79. The second kappa shape index (κ2) is 6.32. The number of aliphatic hydroxyl groups is 1. The third-order valence-corrected chi connectivity index (χ3v) is 4.03. The van der Waals surface area contributed by atoms with E-state index in [-0.39, 0.29) is 12.6 Å². The molecule has 1 aliphatic rings. The van der Waals surface area contributed by atoms with E-state index in [1.165, 1.54) is 5.56 Å². The van der Waals surface area contributed by atoms with Crippen LogP contribution in [-0.4, -0.2) is 42.3 Å². The van der Waals surface area contributed by atoms with Crippen molar-refractivity contribution >= 4 is 0 Å². The maximum atomic E-state index is 9.56. The second-order valence-electron chi connectivity index (χ2n) is 5.36. The molecule has 100 valence electrons. The molecule has 18 heavy (non-hydrogen) atoms. The van der Waals surface area contributed by atoms with Gasteiger partial charge in [-0.1, -0.05) is 30.3 Å². The second-order valence-corrected chi connectivity index (χ2v) is 5.36. The first-order valence-corrected chi connectivity index (χ1v) is 6.82. The summed E-state index contributed by atoms with van der Waals surface area (Å²) in [4.78, 5) is 2.40. The highest BCUT2D eigenvalue weighted by atomic mass is 16.3. The lowest BCUT2D eigenvalue weighted by atomic mass is 9.97. The van der Waals surface area contributed by atoms with Crippen LogP contribution in [0.3, 0.4) is 0 Å². The van der Waals surface area contributed by atoms with Gasteiger partial charge in [-0.3, -0.25) is 0 Å². The van der Waals surface area contributed by atoms with Crippen molar-refractivity contribution in [2.45, 2.75) is 37.9 Å². The lowest BCUT2D eigenvalue weighted by molar-refractivity contribution is 0.149. The van der Waals surface area contributed by atoms with Crippen molar-refractivity contribution in [1.29, 1.82) is 0 Å². The zero-order valence-electron chi connectivity index (χ0n) is 11.3. The molecule has 0 bridgehead atoms. The van der Waals surface area contributed by atoms with Crippen molar-refractivity contribution in [2.75, 3.05) is 20.2 Å². The summed E-state index contributed by atoms with van der Waals surface area (Å²) in [6.07, 6.45) is 2.31. The Balaban J connectivity index is 1.95. The minimum absolute atomic E-state index is 0.0619. The van der Waals surface area contributed by atoms with Gasteiger partial charge in [0.05, 0.1) is 12.6 Å². The van der Waals surface area contributed by atoms with E-state index in [1.807, 2.05) is 18.2 Å². The average molecular weight is 248 g/mol. The number of nitrogens with zero attached hydrogens (tertiary/aromatic N) is 1. The lowest BCUT2D eigenvalue weighted by Gasteiger charge is -2.37. The van der Waals surface area contributed by atoms with Crippen LogP contribution >= 0.6 is 0 Å². The highest BCUT2D eigenvalue weighted by Crippen LogP contribution is 2.19. The Hall–Kier alpha value is -0.900. The van der Waals surface area contributed by atoms with Gasteiger partial charge in [0, 0.05) is 12.1 Å². The molecule has 2 N–H and O–H groups in total. The first-order valence-electron chi connectivity index (χ1n) is 6.82. The van der Waals surface area contributed by atoms with Crippen LogP contribution in [0.1, 0.15) is 31.4 Å². The van der Waals surface area contributed by atoms with Crippen LogP contribution in [0.25, 0.3) is 0 Å². The number of nitrogens with one attached hydrogen (secondary N) is 1. The highest BCUT2D eigenvalue weighted by molar-refractivity contribution is 5.19. The van der Waals surface area contributed by atoms with Crippen LogP contribution in [0.2, 0.25) is 0 Å². The molecule has 3 atom stereocenters. The molecule has 1 aromatic carbocycles. The van der Waals surface area contributed by atoms with Crippen molar-refractivity contribution in [3.63, 3.8) is 0 Å².